The quantitative estimate of drug-likeness (QED) is 0.416. The Morgan fingerprint density at radius 1 is 1.23 bits per heavy atom. The minimum atomic E-state index is -0.244. The minimum absolute atomic E-state index is 0.0107. The summed E-state index contributed by atoms with van der Waals surface area (Å²) in [5.74, 6) is 1.84. The Morgan fingerprint density at radius 2 is 2.00 bits per heavy atom. The highest BCUT2D eigenvalue weighted by molar-refractivity contribution is 7.71. The number of nitrogens with one attached hydrogen (secondary N) is 2. The maximum Gasteiger partial charge on any atom is 0.246 e. The Bertz CT molecular complexity index is 1240. The van der Waals surface area contributed by atoms with Crippen molar-refractivity contribution in [2.45, 2.75) is 13.5 Å². The van der Waals surface area contributed by atoms with Crippen molar-refractivity contribution in [1.29, 1.82) is 0 Å². The molecular weight excluding hydrogens is 422 g/mol. The van der Waals surface area contributed by atoms with Crippen LogP contribution in [0.1, 0.15) is 6.92 Å². The maximum atomic E-state index is 12.7. The van der Waals surface area contributed by atoms with Gasteiger partial charge in [-0.25, -0.2) is 4.98 Å². The van der Waals surface area contributed by atoms with Gasteiger partial charge >= 0.3 is 0 Å². The second kappa shape index (κ2) is 8.64. The lowest BCUT2D eigenvalue weighted by atomic mass is 10.2. The second-order valence-corrected chi connectivity index (χ2v) is 7.71. The van der Waals surface area contributed by atoms with Crippen LogP contribution in [-0.2, 0) is 11.3 Å². The number of fused-ring (bicyclic) bond motifs is 1. The molecule has 8 nitrogen and oxygen atoms in total. The molecule has 0 fully saturated rings. The molecule has 0 aliphatic carbocycles. The molecule has 10 heteroatoms. The van der Waals surface area contributed by atoms with E-state index in [2.05, 4.69) is 20.5 Å². The van der Waals surface area contributed by atoms with Gasteiger partial charge in [-0.15, -0.1) is 0 Å². The number of ether oxygens (including phenoxy) is 2. The van der Waals surface area contributed by atoms with Crippen molar-refractivity contribution in [3.05, 3.63) is 47.2 Å². The van der Waals surface area contributed by atoms with Crippen LogP contribution in [0.3, 0.4) is 0 Å². The third-order valence-electron chi connectivity index (χ3n) is 4.33. The van der Waals surface area contributed by atoms with Gasteiger partial charge in [0, 0.05) is 5.56 Å². The third-order valence-corrected chi connectivity index (χ3v) is 5.57. The molecule has 0 saturated carbocycles. The van der Waals surface area contributed by atoms with Gasteiger partial charge in [0.25, 0.3) is 0 Å². The van der Waals surface area contributed by atoms with Crippen molar-refractivity contribution in [1.82, 2.24) is 19.7 Å². The average molecular weight is 442 g/mol. The fourth-order valence-corrected chi connectivity index (χ4v) is 4.05. The van der Waals surface area contributed by atoms with Crippen molar-refractivity contribution in [3.8, 4) is 22.9 Å². The lowest BCUT2D eigenvalue weighted by Crippen LogP contribution is -2.19. The summed E-state index contributed by atoms with van der Waals surface area (Å²) >= 11 is 6.70. The Labute approximate surface area is 181 Å². The number of H-pyrrole nitrogens is 1. The van der Waals surface area contributed by atoms with Gasteiger partial charge in [0.2, 0.25) is 5.91 Å². The molecule has 2 heterocycles. The lowest BCUT2D eigenvalue weighted by molar-refractivity contribution is -0.116. The van der Waals surface area contributed by atoms with Crippen molar-refractivity contribution in [3.63, 3.8) is 0 Å². The molecule has 2 aromatic heterocycles. The van der Waals surface area contributed by atoms with E-state index in [4.69, 9.17) is 21.7 Å². The highest BCUT2D eigenvalue weighted by Crippen LogP contribution is 2.29. The molecule has 0 aliphatic heterocycles. The number of carbonyl (C=O) groups is 1. The van der Waals surface area contributed by atoms with Crippen LogP contribution in [0.15, 0.2) is 42.5 Å². The molecule has 4 aromatic rings. The SMILES string of the molecule is CCOc1ccc2nc(NC(=O)Cn3c(-c4ccc(OC)cc4)n[nH]c3=S)sc2c1. The van der Waals surface area contributed by atoms with Crippen LogP contribution < -0.4 is 14.8 Å². The molecule has 0 spiro atoms. The fraction of sp³-hybridized carbons (Fsp3) is 0.200. The van der Waals surface area contributed by atoms with Crippen LogP contribution >= 0.6 is 23.6 Å². The van der Waals surface area contributed by atoms with Crippen LogP contribution in [0.4, 0.5) is 5.13 Å². The van der Waals surface area contributed by atoms with Crippen LogP contribution in [0.5, 0.6) is 11.5 Å². The summed E-state index contributed by atoms with van der Waals surface area (Å²) in [6.45, 7) is 2.54. The first-order chi connectivity index (χ1) is 14.6. The molecule has 154 valence electrons. The highest BCUT2D eigenvalue weighted by Gasteiger charge is 2.14. The van der Waals surface area contributed by atoms with Gasteiger partial charge < -0.3 is 14.8 Å². The van der Waals surface area contributed by atoms with Gasteiger partial charge in [0.05, 0.1) is 23.9 Å². The van der Waals surface area contributed by atoms with Crippen LogP contribution in [0.2, 0.25) is 0 Å². The number of hydrogen-bond donors (Lipinski definition) is 2. The zero-order valence-electron chi connectivity index (χ0n) is 16.3. The molecular formula is C20H19N5O3S2. The number of aromatic nitrogens is 4. The Balaban J connectivity index is 1.52. The van der Waals surface area contributed by atoms with Crippen LogP contribution in [0, 0.1) is 4.77 Å². The van der Waals surface area contributed by atoms with Crippen molar-refractivity contribution in [2.24, 2.45) is 0 Å². The van der Waals surface area contributed by atoms with E-state index in [1.165, 1.54) is 11.3 Å². The Morgan fingerprint density at radius 3 is 2.73 bits per heavy atom. The molecule has 0 saturated heterocycles. The summed E-state index contributed by atoms with van der Waals surface area (Å²) in [7, 11) is 1.61. The van der Waals surface area contributed by atoms with Crippen molar-refractivity contribution >= 4 is 44.8 Å². The van der Waals surface area contributed by atoms with E-state index in [1.807, 2.05) is 49.4 Å². The molecule has 2 N–H and O–H groups in total. The maximum absolute atomic E-state index is 12.7. The van der Waals surface area contributed by atoms with E-state index in [0.29, 0.717) is 22.3 Å². The minimum Gasteiger partial charge on any atom is -0.497 e. The van der Waals surface area contributed by atoms with E-state index in [9.17, 15) is 4.79 Å². The molecule has 0 bridgehead atoms. The van der Waals surface area contributed by atoms with E-state index >= 15 is 0 Å². The first kappa shape index (κ1) is 20.0. The van der Waals surface area contributed by atoms with Gasteiger partial charge in [-0.2, -0.15) is 5.10 Å². The molecule has 0 aliphatic rings. The molecule has 1 amide bonds. The van der Waals surface area contributed by atoms with E-state index in [-0.39, 0.29) is 12.5 Å². The first-order valence-electron chi connectivity index (χ1n) is 9.20. The number of hydrogen-bond acceptors (Lipinski definition) is 7. The first-order valence-corrected chi connectivity index (χ1v) is 10.4. The zero-order valence-corrected chi connectivity index (χ0v) is 18.0. The monoisotopic (exact) mass is 441 g/mol. The number of benzene rings is 2. The summed E-state index contributed by atoms with van der Waals surface area (Å²) in [6.07, 6.45) is 0. The number of methoxy groups -OCH3 is 1. The number of thiazole rings is 1. The number of anilines is 1. The Kier molecular flexibility index (Phi) is 5.77. The van der Waals surface area contributed by atoms with Gasteiger partial charge in [-0.3, -0.25) is 14.5 Å². The summed E-state index contributed by atoms with van der Waals surface area (Å²) in [5, 5.41) is 10.4. The molecule has 0 unspecified atom stereocenters. The largest absolute Gasteiger partial charge is 0.497 e. The van der Waals surface area contributed by atoms with Crippen LogP contribution in [0.25, 0.3) is 21.6 Å². The smallest absolute Gasteiger partial charge is 0.246 e. The predicted molar refractivity (Wildman–Crippen MR) is 119 cm³/mol. The van der Waals surface area contributed by atoms with Crippen molar-refractivity contribution < 1.29 is 14.3 Å². The normalized spacial score (nSPS) is 10.9. The predicted octanol–water partition coefficient (Wildman–Crippen LogP) is 4.26. The number of nitrogens with zero attached hydrogens (tertiary/aromatic N) is 3. The van der Waals surface area contributed by atoms with Crippen molar-refractivity contribution in [2.75, 3.05) is 19.0 Å². The topological polar surface area (TPSA) is 94.1 Å². The number of rotatable bonds is 7. The van der Waals surface area contributed by atoms with Gasteiger partial charge in [-0.05, 0) is 61.6 Å². The average Bonchev–Trinajstić information content (AvgIpc) is 3.31. The molecule has 30 heavy (non-hydrogen) atoms. The second-order valence-electron chi connectivity index (χ2n) is 6.30. The van der Waals surface area contributed by atoms with Crippen LogP contribution in [-0.4, -0.2) is 39.4 Å². The summed E-state index contributed by atoms with van der Waals surface area (Å²) in [6, 6.07) is 13.0. The molecule has 0 atom stereocenters. The van der Waals surface area contributed by atoms with Gasteiger partial charge in [0.1, 0.15) is 18.0 Å². The number of carbonyl (C=O) groups excluding carboxylic acids is 1. The van der Waals surface area contributed by atoms with E-state index in [0.717, 1.165) is 27.3 Å². The highest BCUT2D eigenvalue weighted by atomic mass is 32.1. The van der Waals surface area contributed by atoms with Gasteiger partial charge in [0.15, 0.2) is 15.7 Å². The number of aromatic amines is 1. The van der Waals surface area contributed by atoms with E-state index < -0.39 is 0 Å². The fourth-order valence-electron chi connectivity index (χ4n) is 2.94. The lowest BCUT2D eigenvalue weighted by Gasteiger charge is -2.07. The Hall–Kier alpha value is -3.24. The number of amides is 1. The third kappa shape index (κ3) is 4.19. The molecule has 4 rings (SSSR count). The van der Waals surface area contributed by atoms with Gasteiger partial charge in [-0.1, -0.05) is 11.3 Å². The summed E-state index contributed by atoms with van der Waals surface area (Å²) < 4.78 is 13.6. The standard InChI is InChI=1S/C20H19N5O3S2/c1-3-28-14-8-9-15-16(10-14)30-19(21-15)22-17(26)11-25-18(23-24-20(25)29)12-4-6-13(27-2)7-5-12/h4-10H,3,11H2,1-2H3,(H,24,29)(H,21,22,26). The molecule has 0 radical (unpaired) electrons. The summed E-state index contributed by atoms with van der Waals surface area (Å²) in [5.41, 5.74) is 1.62. The van der Waals surface area contributed by atoms with E-state index in [1.54, 1.807) is 11.7 Å². The summed E-state index contributed by atoms with van der Waals surface area (Å²) in [4.78, 5) is 17.1. The molecule has 2 aromatic carbocycles. The zero-order chi connectivity index (χ0) is 21.1.